The van der Waals surface area contributed by atoms with Crippen molar-refractivity contribution in [3.8, 4) is 0 Å². The Hall–Kier alpha value is -2.92. The van der Waals surface area contributed by atoms with Crippen molar-refractivity contribution in [2.24, 2.45) is 10.7 Å². The summed E-state index contributed by atoms with van der Waals surface area (Å²) in [5, 5.41) is 3.08. The minimum absolute atomic E-state index is 0.118. The molecular formula is C20H19ClF2N6O2S. The van der Waals surface area contributed by atoms with Gasteiger partial charge in [-0.3, -0.25) is 4.99 Å². The maximum Gasteiger partial charge on any atom is 0.165 e. The Morgan fingerprint density at radius 2 is 1.91 bits per heavy atom. The smallest absolute Gasteiger partial charge is 0.165 e. The number of hydrogen-bond acceptors (Lipinski definition) is 8. The van der Waals surface area contributed by atoms with Gasteiger partial charge >= 0.3 is 0 Å². The number of aromatic nitrogens is 3. The maximum atomic E-state index is 14.9. The highest BCUT2D eigenvalue weighted by Crippen LogP contribution is 2.39. The van der Waals surface area contributed by atoms with Crippen molar-refractivity contribution in [1.82, 2.24) is 15.0 Å². The molecule has 3 aromatic rings. The Labute approximate surface area is 187 Å². The summed E-state index contributed by atoms with van der Waals surface area (Å²) in [5.41, 5.74) is 4.98. The predicted octanol–water partition coefficient (Wildman–Crippen LogP) is 3.48. The molecule has 32 heavy (non-hydrogen) atoms. The second-order valence-electron chi connectivity index (χ2n) is 8.20. The first-order chi connectivity index (χ1) is 14.8. The van der Waals surface area contributed by atoms with Crippen LogP contribution in [0.15, 0.2) is 35.6 Å². The van der Waals surface area contributed by atoms with Crippen molar-refractivity contribution in [1.29, 1.82) is 0 Å². The summed E-state index contributed by atoms with van der Waals surface area (Å²) >= 11 is 5.87. The zero-order chi connectivity index (χ0) is 23.5. The van der Waals surface area contributed by atoms with Crippen LogP contribution >= 0.6 is 11.6 Å². The molecule has 3 heterocycles. The fourth-order valence-corrected chi connectivity index (χ4v) is 5.31. The van der Waals surface area contributed by atoms with E-state index in [1.54, 1.807) is 6.07 Å². The molecule has 0 amide bonds. The van der Waals surface area contributed by atoms with Gasteiger partial charge in [-0.05, 0) is 32.9 Å². The Kier molecular flexibility index (Phi) is 5.09. The number of fused-ring (bicyclic) bond motifs is 1. The van der Waals surface area contributed by atoms with Crippen LogP contribution < -0.4 is 11.1 Å². The number of hydrogen-bond donors (Lipinski definition) is 2. The van der Waals surface area contributed by atoms with Crippen molar-refractivity contribution in [3.05, 3.63) is 52.9 Å². The largest absolute Gasteiger partial charge is 0.386 e. The van der Waals surface area contributed by atoms with E-state index in [0.717, 1.165) is 6.07 Å². The van der Waals surface area contributed by atoms with Crippen LogP contribution in [0.1, 0.15) is 26.3 Å². The molecule has 0 saturated heterocycles. The van der Waals surface area contributed by atoms with E-state index in [4.69, 9.17) is 17.3 Å². The quantitative estimate of drug-likeness (QED) is 0.588. The Morgan fingerprint density at radius 1 is 1.19 bits per heavy atom. The van der Waals surface area contributed by atoms with Crippen molar-refractivity contribution >= 4 is 49.8 Å². The van der Waals surface area contributed by atoms with Gasteiger partial charge in [0.15, 0.2) is 27.3 Å². The van der Waals surface area contributed by atoms with Gasteiger partial charge in [-0.1, -0.05) is 11.6 Å². The molecule has 1 atom stereocenters. The number of nitrogens with two attached hydrogens (primary N) is 1. The first-order valence-corrected chi connectivity index (χ1v) is 11.5. The van der Waals surface area contributed by atoms with Crippen molar-refractivity contribution < 1.29 is 17.2 Å². The summed E-state index contributed by atoms with van der Waals surface area (Å²) in [5.74, 6) is -2.87. The summed E-state index contributed by atoms with van der Waals surface area (Å²) in [4.78, 5) is 16.8. The third-order valence-corrected chi connectivity index (χ3v) is 8.42. The monoisotopic (exact) mass is 480 g/mol. The highest BCUT2D eigenvalue weighted by molar-refractivity contribution is 7.93. The predicted molar refractivity (Wildman–Crippen MR) is 119 cm³/mol. The zero-order valence-electron chi connectivity index (χ0n) is 17.3. The average molecular weight is 481 g/mol. The van der Waals surface area contributed by atoms with Crippen LogP contribution in [-0.2, 0) is 15.4 Å². The molecule has 0 fully saturated rings. The molecule has 0 aliphatic carbocycles. The fourth-order valence-electron chi connectivity index (χ4n) is 3.48. The standard InChI is InChI=1S/C20H19ClF2N6O2S/c1-19(2)18(24)29-20(3,9-32(19,30)31)11-6-10(7-12(22)15(11)23)27-17-16-13(4-5-25-17)28-14(21)8-26-16/h4-8H,9H2,1-3H3,(H2,24,29)(H,25,27). The first-order valence-electron chi connectivity index (χ1n) is 9.46. The van der Waals surface area contributed by atoms with Gasteiger partial charge in [0.1, 0.15) is 26.8 Å². The lowest BCUT2D eigenvalue weighted by Gasteiger charge is -2.38. The summed E-state index contributed by atoms with van der Waals surface area (Å²) in [7, 11) is -3.81. The molecule has 0 saturated carbocycles. The number of amidine groups is 1. The lowest BCUT2D eigenvalue weighted by Crippen LogP contribution is -2.55. The highest BCUT2D eigenvalue weighted by atomic mass is 35.5. The van der Waals surface area contributed by atoms with Gasteiger partial charge in [0.05, 0.1) is 17.5 Å². The fraction of sp³-hybridized carbons (Fsp3) is 0.300. The van der Waals surface area contributed by atoms with E-state index >= 15 is 0 Å². The van der Waals surface area contributed by atoms with E-state index in [1.165, 1.54) is 39.2 Å². The Balaban J connectivity index is 1.83. The van der Waals surface area contributed by atoms with Crippen LogP contribution in [0.4, 0.5) is 20.3 Å². The second kappa shape index (κ2) is 7.31. The van der Waals surface area contributed by atoms with Crippen LogP contribution in [-0.4, -0.2) is 39.7 Å². The van der Waals surface area contributed by atoms with Crippen LogP contribution in [0, 0.1) is 11.6 Å². The molecule has 1 aromatic carbocycles. The molecular weight excluding hydrogens is 462 g/mol. The van der Waals surface area contributed by atoms with Crippen LogP contribution in [0.5, 0.6) is 0 Å². The van der Waals surface area contributed by atoms with Crippen LogP contribution in [0.2, 0.25) is 5.15 Å². The van der Waals surface area contributed by atoms with E-state index in [1.807, 2.05) is 0 Å². The molecule has 0 spiro atoms. The Bertz CT molecular complexity index is 1400. The number of pyridine rings is 1. The van der Waals surface area contributed by atoms with Gasteiger partial charge in [-0.2, -0.15) is 0 Å². The molecule has 4 rings (SSSR count). The topological polar surface area (TPSA) is 123 Å². The molecule has 0 bridgehead atoms. The van der Waals surface area contributed by atoms with Crippen molar-refractivity contribution in [2.45, 2.75) is 31.1 Å². The number of halogens is 3. The maximum absolute atomic E-state index is 14.9. The molecule has 8 nitrogen and oxygen atoms in total. The normalized spacial score (nSPS) is 21.9. The number of rotatable bonds is 3. The second-order valence-corrected chi connectivity index (χ2v) is 11.1. The van der Waals surface area contributed by atoms with Crippen LogP contribution in [0.3, 0.4) is 0 Å². The van der Waals surface area contributed by atoms with E-state index in [-0.39, 0.29) is 28.1 Å². The van der Waals surface area contributed by atoms with Gasteiger partial charge in [-0.15, -0.1) is 0 Å². The van der Waals surface area contributed by atoms with E-state index in [0.29, 0.717) is 11.0 Å². The average Bonchev–Trinajstić information content (AvgIpc) is 2.68. The lowest BCUT2D eigenvalue weighted by atomic mass is 9.92. The van der Waals surface area contributed by atoms with E-state index in [2.05, 4.69) is 25.3 Å². The highest BCUT2D eigenvalue weighted by Gasteiger charge is 2.49. The number of nitrogens with zero attached hydrogens (tertiary/aromatic N) is 4. The van der Waals surface area contributed by atoms with Gasteiger partial charge in [-0.25, -0.2) is 32.2 Å². The van der Waals surface area contributed by atoms with Gasteiger partial charge in [0, 0.05) is 23.5 Å². The summed E-state index contributed by atoms with van der Waals surface area (Å²) in [6.45, 7) is 4.25. The SMILES string of the molecule is CC1(c2cc(Nc3nccc4nc(Cl)cnc34)cc(F)c2F)CS(=O)(=O)C(C)(C)C(N)=N1. The van der Waals surface area contributed by atoms with Gasteiger partial charge in [0.2, 0.25) is 0 Å². The number of benzene rings is 1. The first kappa shape index (κ1) is 22.3. The number of sulfone groups is 1. The molecule has 12 heteroatoms. The number of nitrogens with one attached hydrogen (secondary N) is 1. The zero-order valence-corrected chi connectivity index (χ0v) is 18.9. The molecule has 2 aromatic heterocycles. The molecule has 168 valence electrons. The molecule has 1 aliphatic rings. The molecule has 1 aliphatic heterocycles. The summed E-state index contributed by atoms with van der Waals surface area (Å²) in [6.07, 6.45) is 2.79. The van der Waals surface area contributed by atoms with Gasteiger partial charge in [0.25, 0.3) is 0 Å². The Morgan fingerprint density at radius 3 is 2.59 bits per heavy atom. The summed E-state index contributed by atoms with van der Waals surface area (Å²) < 4.78 is 53.7. The van der Waals surface area contributed by atoms with E-state index < -0.39 is 37.5 Å². The number of anilines is 2. The third kappa shape index (κ3) is 3.55. The molecule has 3 N–H and O–H groups in total. The van der Waals surface area contributed by atoms with E-state index in [9.17, 15) is 17.2 Å². The van der Waals surface area contributed by atoms with Crippen LogP contribution in [0.25, 0.3) is 11.0 Å². The molecule has 1 unspecified atom stereocenters. The third-order valence-electron chi connectivity index (χ3n) is 5.53. The summed E-state index contributed by atoms with van der Waals surface area (Å²) in [6, 6.07) is 3.82. The van der Waals surface area contributed by atoms with Crippen molar-refractivity contribution in [2.75, 3.05) is 11.1 Å². The van der Waals surface area contributed by atoms with Crippen molar-refractivity contribution in [3.63, 3.8) is 0 Å². The minimum atomic E-state index is -3.81. The minimum Gasteiger partial charge on any atom is -0.386 e. The van der Waals surface area contributed by atoms with Gasteiger partial charge < -0.3 is 11.1 Å². The molecule has 0 radical (unpaired) electrons. The number of aliphatic imine (C=N–C) groups is 1. The lowest BCUT2D eigenvalue weighted by molar-refractivity contribution is 0.446.